The van der Waals surface area contributed by atoms with Gasteiger partial charge in [-0.3, -0.25) is 9.59 Å². The largest absolute Gasteiger partial charge is 0.595 e. The molecular weight excluding hydrogens is 426 g/mol. The van der Waals surface area contributed by atoms with E-state index in [9.17, 15) is 25.2 Å². The summed E-state index contributed by atoms with van der Waals surface area (Å²) in [5, 5.41) is 42.1. The molecule has 0 spiro atoms. The van der Waals surface area contributed by atoms with Crippen LogP contribution in [0.1, 0.15) is 0 Å². The molecule has 29 heavy (non-hydrogen) atoms. The first-order chi connectivity index (χ1) is 13.8. The minimum Gasteiger partial charge on any atom is -0.595 e. The Bertz CT molecular complexity index is 986. The SMILES string of the molecule is O=C1NC(=Nc2ccccc2Cl)SC1C(=O)Nc1ccc([NH+]([O-])O)cc1[NH+]([O-])O. The molecule has 0 radical (unpaired) electrons. The summed E-state index contributed by atoms with van der Waals surface area (Å²) in [6, 6.07) is 9.92. The fourth-order valence-corrected chi connectivity index (χ4v) is 3.45. The summed E-state index contributed by atoms with van der Waals surface area (Å²) < 4.78 is 0. The third kappa shape index (κ3) is 4.90. The second-order valence-corrected chi connectivity index (χ2v) is 7.22. The van der Waals surface area contributed by atoms with Crippen LogP contribution in [-0.4, -0.2) is 32.6 Å². The summed E-state index contributed by atoms with van der Waals surface area (Å²) in [4.78, 5) is 28.9. The second kappa shape index (κ2) is 8.86. The zero-order valence-corrected chi connectivity index (χ0v) is 16.0. The number of halogens is 1. The molecule has 1 aliphatic heterocycles. The van der Waals surface area contributed by atoms with Crippen LogP contribution in [0.25, 0.3) is 0 Å². The van der Waals surface area contributed by atoms with Crippen LogP contribution in [-0.2, 0) is 9.59 Å². The van der Waals surface area contributed by atoms with Gasteiger partial charge in [-0.25, -0.2) is 15.4 Å². The molecule has 0 bridgehead atoms. The van der Waals surface area contributed by atoms with E-state index in [0.29, 0.717) is 10.7 Å². The summed E-state index contributed by atoms with van der Waals surface area (Å²) in [5.41, 5.74) is -0.373. The quantitative estimate of drug-likeness (QED) is 0.282. The summed E-state index contributed by atoms with van der Waals surface area (Å²) in [6.07, 6.45) is 0. The fourth-order valence-electron chi connectivity index (χ4n) is 2.41. The Morgan fingerprint density at radius 2 is 1.93 bits per heavy atom. The van der Waals surface area contributed by atoms with Crippen LogP contribution < -0.4 is 21.1 Å². The third-order valence-corrected chi connectivity index (χ3v) is 5.17. The van der Waals surface area contributed by atoms with Crippen molar-refractivity contribution in [3.63, 3.8) is 0 Å². The predicted octanol–water partition coefficient (Wildman–Crippen LogP) is 0.00460. The number of hydrogen-bond donors (Lipinski definition) is 6. The van der Waals surface area contributed by atoms with E-state index in [-0.39, 0.29) is 16.5 Å². The highest BCUT2D eigenvalue weighted by molar-refractivity contribution is 8.16. The van der Waals surface area contributed by atoms with Gasteiger partial charge in [-0.2, -0.15) is 10.5 Å². The van der Waals surface area contributed by atoms with E-state index in [4.69, 9.17) is 16.8 Å². The molecular formula is C16H14ClN5O6S. The maximum absolute atomic E-state index is 12.5. The fraction of sp³-hybridized carbons (Fsp3) is 0.0625. The molecule has 3 atom stereocenters. The highest BCUT2D eigenvalue weighted by atomic mass is 35.5. The number of benzene rings is 2. The van der Waals surface area contributed by atoms with Crippen LogP contribution in [0, 0.1) is 10.4 Å². The Kier molecular flexibility index (Phi) is 6.46. The standard InChI is InChI=1S/C16H14ClN5O6S/c17-9-3-1-2-4-10(9)19-16-20-15(24)13(29-16)14(23)18-11-6-5-8(21(25)26)7-12(11)22(27)28/h1-7,13,21-22,25,27H,(H,18,23)(H,19,20,24). The molecule has 11 nitrogen and oxygen atoms in total. The Hall–Kier alpha value is -2.55. The molecule has 2 amide bonds. The number of amidine groups is 1. The van der Waals surface area contributed by atoms with Crippen molar-refractivity contribution in [3.05, 3.63) is 57.9 Å². The first kappa shape index (κ1) is 21.2. The number of aliphatic imine (C=N–C) groups is 1. The number of nitrogens with one attached hydrogen (secondary N) is 4. The average Bonchev–Trinajstić information content (AvgIpc) is 3.04. The molecule has 1 saturated heterocycles. The maximum atomic E-state index is 12.5. The Morgan fingerprint density at radius 1 is 1.21 bits per heavy atom. The molecule has 0 aromatic heterocycles. The Labute approximate surface area is 172 Å². The smallest absolute Gasteiger partial charge is 0.249 e. The highest BCUT2D eigenvalue weighted by Crippen LogP contribution is 2.29. The molecule has 3 rings (SSSR count). The Morgan fingerprint density at radius 3 is 2.59 bits per heavy atom. The lowest BCUT2D eigenvalue weighted by atomic mass is 10.2. The average molecular weight is 440 g/mol. The first-order valence-electron chi connectivity index (χ1n) is 7.98. The lowest BCUT2D eigenvalue weighted by Gasteiger charge is -2.19. The van der Waals surface area contributed by atoms with E-state index in [0.717, 1.165) is 30.0 Å². The van der Waals surface area contributed by atoms with Crippen LogP contribution in [0.2, 0.25) is 5.02 Å². The van der Waals surface area contributed by atoms with E-state index in [1.165, 1.54) is 0 Å². The number of nitrogens with zero attached hydrogens (tertiary/aromatic N) is 1. The van der Waals surface area contributed by atoms with Gasteiger partial charge >= 0.3 is 0 Å². The molecule has 3 unspecified atom stereocenters. The minimum absolute atomic E-state index is 0.127. The van der Waals surface area contributed by atoms with Gasteiger partial charge < -0.3 is 21.0 Å². The summed E-state index contributed by atoms with van der Waals surface area (Å²) in [5.74, 6) is -1.40. The summed E-state index contributed by atoms with van der Waals surface area (Å²) in [6.45, 7) is 0. The predicted molar refractivity (Wildman–Crippen MR) is 105 cm³/mol. The van der Waals surface area contributed by atoms with Crippen LogP contribution in [0.5, 0.6) is 0 Å². The van der Waals surface area contributed by atoms with Gasteiger partial charge in [0.05, 0.1) is 16.8 Å². The number of hydrogen-bond acceptors (Lipinski definition) is 8. The molecule has 152 valence electrons. The van der Waals surface area contributed by atoms with E-state index >= 15 is 0 Å². The van der Waals surface area contributed by atoms with Crippen LogP contribution in [0.15, 0.2) is 47.5 Å². The Balaban J connectivity index is 1.78. The number of carbonyl (C=O) groups excluding carboxylic acids is 2. The number of carbonyl (C=O) groups is 2. The molecule has 2 aromatic rings. The molecule has 0 saturated carbocycles. The normalized spacial score (nSPS) is 19.7. The summed E-state index contributed by atoms with van der Waals surface area (Å²) in [7, 11) is 0. The molecule has 2 aromatic carbocycles. The van der Waals surface area contributed by atoms with Gasteiger partial charge in [-0.05, 0) is 18.2 Å². The van der Waals surface area contributed by atoms with E-state index in [1.54, 1.807) is 24.3 Å². The number of quaternary nitrogens is 2. The lowest BCUT2D eigenvalue weighted by Crippen LogP contribution is -3.00. The van der Waals surface area contributed by atoms with Gasteiger partial charge in [0.25, 0.3) is 0 Å². The third-order valence-electron chi connectivity index (χ3n) is 3.77. The van der Waals surface area contributed by atoms with E-state index in [2.05, 4.69) is 15.6 Å². The second-order valence-electron chi connectivity index (χ2n) is 5.72. The van der Waals surface area contributed by atoms with E-state index < -0.39 is 33.2 Å². The highest BCUT2D eigenvalue weighted by Gasteiger charge is 2.37. The van der Waals surface area contributed by atoms with Gasteiger partial charge in [0.15, 0.2) is 21.8 Å². The number of para-hydroxylation sites is 1. The number of amides is 2. The van der Waals surface area contributed by atoms with Crippen molar-refractivity contribution < 1.29 is 30.5 Å². The number of rotatable bonds is 5. The number of anilines is 1. The molecule has 0 aliphatic carbocycles. The molecule has 6 N–H and O–H groups in total. The topological polar surface area (TPSA) is 166 Å². The zero-order valence-electron chi connectivity index (χ0n) is 14.4. The van der Waals surface area contributed by atoms with Gasteiger partial charge in [0.1, 0.15) is 5.69 Å². The molecule has 1 heterocycles. The van der Waals surface area contributed by atoms with Crippen molar-refractivity contribution in [3.8, 4) is 0 Å². The van der Waals surface area contributed by atoms with Crippen molar-refractivity contribution >= 4 is 63.1 Å². The maximum Gasteiger partial charge on any atom is 0.249 e. The minimum atomic E-state index is -1.42. The zero-order chi connectivity index (χ0) is 21.1. The lowest BCUT2D eigenvalue weighted by molar-refractivity contribution is -0.996. The summed E-state index contributed by atoms with van der Waals surface area (Å²) >= 11 is 6.87. The van der Waals surface area contributed by atoms with Gasteiger partial charge in [0, 0.05) is 6.07 Å². The van der Waals surface area contributed by atoms with Crippen molar-refractivity contribution in [1.82, 2.24) is 5.32 Å². The van der Waals surface area contributed by atoms with Gasteiger partial charge in [-0.15, -0.1) is 0 Å². The number of thioether (sulfide) groups is 1. The van der Waals surface area contributed by atoms with Crippen LogP contribution in [0.4, 0.5) is 22.7 Å². The van der Waals surface area contributed by atoms with E-state index in [1.807, 2.05) is 0 Å². The van der Waals surface area contributed by atoms with Crippen molar-refractivity contribution in [2.24, 2.45) is 4.99 Å². The molecule has 13 heteroatoms. The van der Waals surface area contributed by atoms with Crippen molar-refractivity contribution in [1.29, 1.82) is 0 Å². The van der Waals surface area contributed by atoms with Crippen molar-refractivity contribution in [2.75, 3.05) is 5.32 Å². The molecule has 1 fully saturated rings. The first-order valence-corrected chi connectivity index (χ1v) is 9.24. The van der Waals surface area contributed by atoms with Crippen LogP contribution >= 0.6 is 23.4 Å². The molecule has 1 aliphatic rings. The van der Waals surface area contributed by atoms with Gasteiger partial charge in [0.2, 0.25) is 11.8 Å². The monoisotopic (exact) mass is 439 g/mol. The van der Waals surface area contributed by atoms with Gasteiger partial charge in [-0.1, -0.05) is 35.5 Å². The van der Waals surface area contributed by atoms with Crippen molar-refractivity contribution in [2.45, 2.75) is 5.25 Å². The van der Waals surface area contributed by atoms with Crippen LogP contribution in [0.3, 0.4) is 0 Å².